The van der Waals surface area contributed by atoms with Crippen molar-refractivity contribution >= 4 is 40.5 Å². The van der Waals surface area contributed by atoms with Crippen molar-refractivity contribution < 1.29 is 4.79 Å². The molecule has 7 heteroatoms. The second-order valence-corrected chi connectivity index (χ2v) is 4.84. The summed E-state index contributed by atoms with van der Waals surface area (Å²) in [6, 6.07) is 7.36. The number of nitrogens with zero attached hydrogens (tertiary/aromatic N) is 2. The van der Waals surface area contributed by atoms with Crippen molar-refractivity contribution in [2.75, 3.05) is 11.1 Å². The average molecular weight is 311 g/mol. The van der Waals surface area contributed by atoms with Gasteiger partial charge >= 0.3 is 0 Å². The Morgan fingerprint density at radius 1 is 1.15 bits per heavy atom. The van der Waals surface area contributed by atoms with Gasteiger partial charge in [0.05, 0.1) is 0 Å². The Labute approximate surface area is 126 Å². The lowest BCUT2D eigenvalue weighted by Crippen LogP contribution is -2.13. The Morgan fingerprint density at radius 2 is 1.75 bits per heavy atom. The van der Waals surface area contributed by atoms with Crippen LogP contribution in [-0.2, 0) is 11.2 Å². The van der Waals surface area contributed by atoms with E-state index in [0.29, 0.717) is 18.5 Å². The summed E-state index contributed by atoms with van der Waals surface area (Å²) < 4.78 is 0. The predicted molar refractivity (Wildman–Crippen MR) is 79.9 cm³/mol. The second kappa shape index (κ2) is 6.54. The number of carbonyl (C=O) groups is 1. The Balaban J connectivity index is 1.94. The van der Waals surface area contributed by atoms with Gasteiger partial charge in [-0.05, 0) is 24.1 Å². The fourth-order valence-electron chi connectivity index (χ4n) is 1.59. The number of carbonyl (C=O) groups excluding carboxylic acids is 1. The third kappa shape index (κ3) is 3.82. The number of anilines is 2. The van der Waals surface area contributed by atoms with Gasteiger partial charge in [0.1, 0.15) is 12.0 Å². The zero-order chi connectivity index (χ0) is 14.5. The van der Waals surface area contributed by atoms with Crippen LogP contribution >= 0.6 is 23.2 Å². The maximum absolute atomic E-state index is 11.8. The van der Waals surface area contributed by atoms with Crippen LogP contribution in [0.4, 0.5) is 11.4 Å². The number of halogens is 2. The van der Waals surface area contributed by atoms with Crippen LogP contribution in [0.3, 0.4) is 0 Å². The first-order valence-corrected chi connectivity index (χ1v) is 6.62. The molecule has 0 fully saturated rings. The number of nitrogen functional groups attached to an aromatic ring is 1. The molecule has 0 aliphatic heterocycles. The molecule has 1 aromatic heterocycles. The van der Waals surface area contributed by atoms with Gasteiger partial charge in [0.15, 0.2) is 10.3 Å². The molecule has 0 saturated heterocycles. The van der Waals surface area contributed by atoms with Crippen LogP contribution in [0, 0.1) is 0 Å². The molecule has 2 rings (SSSR count). The highest BCUT2D eigenvalue weighted by Gasteiger charge is 2.11. The maximum Gasteiger partial charge on any atom is 0.224 e. The van der Waals surface area contributed by atoms with E-state index in [1.165, 1.54) is 6.33 Å². The van der Waals surface area contributed by atoms with E-state index >= 15 is 0 Å². The minimum absolute atomic E-state index is 0.117. The Bertz CT molecular complexity index is 596. The van der Waals surface area contributed by atoms with Crippen LogP contribution in [0.25, 0.3) is 0 Å². The summed E-state index contributed by atoms with van der Waals surface area (Å²) in [6.07, 6.45) is 2.12. The molecular weight excluding hydrogens is 299 g/mol. The number of aryl methyl sites for hydroxylation is 1. The molecule has 0 atom stereocenters. The molecule has 0 spiro atoms. The molecule has 1 heterocycles. The molecule has 0 unspecified atom stereocenters. The molecule has 0 bridgehead atoms. The van der Waals surface area contributed by atoms with Crippen LogP contribution < -0.4 is 11.1 Å². The van der Waals surface area contributed by atoms with Crippen LogP contribution in [-0.4, -0.2) is 15.9 Å². The number of nitrogens with one attached hydrogen (secondary N) is 1. The largest absolute Gasteiger partial charge is 0.399 e. The second-order valence-electron chi connectivity index (χ2n) is 4.12. The number of hydrogen-bond acceptors (Lipinski definition) is 4. The van der Waals surface area contributed by atoms with Gasteiger partial charge in [-0.1, -0.05) is 35.3 Å². The van der Waals surface area contributed by atoms with Gasteiger partial charge in [-0.25, -0.2) is 9.97 Å². The molecule has 0 aliphatic rings. The minimum atomic E-state index is -0.208. The zero-order valence-electron chi connectivity index (χ0n) is 10.4. The number of rotatable bonds is 4. The third-order valence-corrected chi connectivity index (χ3v) is 3.21. The highest BCUT2D eigenvalue weighted by atomic mass is 35.5. The van der Waals surface area contributed by atoms with Gasteiger partial charge < -0.3 is 11.1 Å². The van der Waals surface area contributed by atoms with Gasteiger partial charge in [0.25, 0.3) is 0 Å². The zero-order valence-corrected chi connectivity index (χ0v) is 11.9. The highest BCUT2D eigenvalue weighted by Crippen LogP contribution is 2.25. The van der Waals surface area contributed by atoms with Crippen LogP contribution in [0.2, 0.25) is 10.3 Å². The standard InChI is InChI=1S/C13H12Cl2N4O/c14-12-11(13(15)18-7-17-12)19-10(20)6-3-8-1-4-9(16)5-2-8/h1-2,4-5,7H,3,6,16H2,(H,19,20). The number of amides is 1. The number of aromatic nitrogens is 2. The Hall–Kier alpha value is -1.85. The van der Waals surface area contributed by atoms with E-state index in [1.54, 1.807) is 12.1 Å². The topological polar surface area (TPSA) is 80.9 Å². The first-order valence-electron chi connectivity index (χ1n) is 5.86. The van der Waals surface area contributed by atoms with Crippen molar-refractivity contribution in [1.82, 2.24) is 9.97 Å². The van der Waals surface area contributed by atoms with E-state index in [2.05, 4.69) is 15.3 Å². The van der Waals surface area contributed by atoms with Crippen molar-refractivity contribution in [3.05, 3.63) is 46.5 Å². The van der Waals surface area contributed by atoms with E-state index in [1.807, 2.05) is 12.1 Å². The fourth-order valence-corrected chi connectivity index (χ4v) is 2.00. The lowest BCUT2D eigenvalue weighted by molar-refractivity contribution is -0.116. The van der Waals surface area contributed by atoms with Gasteiger partial charge in [-0.15, -0.1) is 0 Å². The first kappa shape index (κ1) is 14.6. The van der Waals surface area contributed by atoms with Crippen LogP contribution in [0.5, 0.6) is 0 Å². The summed E-state index contributed by atoms with van der Waals surface area (Å²) in [5.41, 5.74) is 7.55. The summed E-state index contributed by atoms with van der Waals surface area (Å²) in [5, 5.41) is 2.84. The highest BCUT2D eigenvalue weighted by molar-refractivity contribution is 6.38. The average Bonchev–Trinajstić information content (AvgIpc) is 2.42. The molecule has 0 saturated carbocycles. The van der Waals surface area contributed by atoms with E-state index in [9.17, 15) is 4.79 Å². The van der Waals surface area contributed by atoms with Crippen molar-refractivity contribution in [3.63, 3.8) is 0 Å². The molecular formula is C13H12Cl2N4O. The Kier molecular flexibility index (Phi) is 4.76. The smallest absolute Gasteiger partial charge is 0.224 e. The molecule has 1 aromatic carbocycles. The number of nitrogens with two attached hydrogens (primary N) is 1. The molecule has 20 heavy (non-hydrogen) atoms. The molecule has 104 valence electrons. The van der Waals surface area contributed by atoms with E-state index in [4.69, 9.17) is 28.9 Å². The first-order chi connectivity index (χ1) is 9.56. The molecule has 0 radical (unpaired) electrons. The minimum Gasteiger partial charge on any atom is -0.399 e. The molecule has 0 aliphatic carbocycles. The lowest BCUT2D eigenvalue weighted by atomic mass is 10.1. The normalized spacial score (nSPS) is 10.3. The summed E-state index contributed by atoms with van der Waals surface area (Å²) in [4.78, 5) is 19.4. The number of benzene rings is 1. The van der Waals surface area contributed by atoms with Crippen molar-refractivity contribution in [1.29, 1.82) is 0 Å². The van der Waals surface area contributed by atoms with Crippen molar-refractivity contribution in [2.45, 2.75) is 12.8 Å². The third-order valence-electron chi connectivity index (χ3n) is 2.64. The van der Waals surface area contributed by atoms with Crippen LogP contribution in [0.15, 0.2) is 30.6 Å². The fraction of sp³-hybridized carbons (Fsp3) is 0.154. The SMILES string of the molecule is Nc1ccc(CCC(=O)Nc2c(Cl)ncnc2Cl)cc1. The van der Waals surface area contributed by atoms with Gasteiger partial charge in [-0.3, -0.25) is 4.79 Å². The molecule has 3 N–H and O–H groups in total. The quantitative estimate of drug-likeness (QED) is 0.672. The predicted octanol–water partition coefficient (Wildman–Crippen LogP) is 2.94. The van der Waals surface area contributed by atoms with Crippen molar-refractivity contribution in [3.8, 4) is 0 Å². The van der Waals surface area contributed by atoms with Crippen molar-refractivity contribution in [2.24, 2.45) is 0 Å². The monoisotopic (exact) mass is 310 g/mol. The number of hydrogen-bond donors (Lipinski definition) is 2. The summed E-state index contributed by atoms with van der Waals surface area (Å²) in [7, 11) is 0. The van der Waals surface area contributed by atoms with Gasteiger partial charge in [-0.2, -0.15) is 0 Å². The molecule has 2 aromatic rings. The summed E-state index contributed by atoms with van der Waals surface area (Å²) >= 11 is 11.7. The van der Waals surface area contributed by atoms with Gasteiger partial charge in [0.2, 0.25) is 5.91 Å². The van der Waals surface area contributed by atoms with E-state index < -0.39 is 0 Å². The van der Waals surface area contributed by atoms with Gasteiger partial charge in [0, 0.05) is 12.1 Å². The Morgan fingerprint density at radius 3 is 2.35 bits per heavy atom. The van der Waals surface area contributed by atoms with E-state index in [-0.39, 0.29) is 21.9 Å². The molecule has 1 amide bonds. The van der Waals surface area contributed by atoms with Crippen LogP contribution in [0.1, 0.15) is 12.0 Å². The molecule has 5 nitrogen and oxygen atoms in total. The maximum atomic E-state index is 11.8. The lowest BCUT2D eigenvalue weighted by Gasteiger charge is -2.07. The van der Waals surface area contributed by atoms with E-state index in [0.717, 1.165) is 5.56 Å². The summed E-state index contributed by atoms with van der Waals surface area (Å²) in [5.74, 6) is -0.208. The summed E-state index contributed by atoms with van der Waals surface area (Å²) in [6.45, 7) is 0.